The number of carbonyl (C=O) groups is 1. The molecule has 1 aliphatic rings. The Balaban J connectivity index is 1.57. The van der Waals surface area contributed by atoms with E-state index in [1.807, 2.05) is 44.2 Å². The standard InChI is InChI=1S/C24H27NO4S2/c1-5-25-23(26)22(31-24(25)30)15-18-9-10-19(21(14-18)27-4)28-11-6-12-29-20-13-16(2)7-8-17(20)3/h7-10,13-15H,5-6,11-12H2,1-4H3/b22-15-. The second-order valence-electron chi connectivity index (χ2n) is 7.16. The Morgan fingerprint density at radius 3 is 2.45 bits per heavy atom. The van der Waals surface area contributed by atoms with Crippen LogP contribution in [-0.4, -0.2) is 42.0 Å². The summed E-state index contributed by atoms with van der Waals surface area (Å²) in [5.74, 6) is 2.14. The second kappa shape index (κ2) is 10.7. The lowest BCUT2D eigenvalue weighted by molar-refractivity contribution is -0.121. The summed E-state index contributed by atoms with van der Waals surface area (Å²) in [7, 11) is 1.60. The Bertz CT molecular complexity index is 1000. The van der Waals surface area contributed by atoms with E-state index in [0.717, 1.165) is 23.3 Å². The van der Waals surface area contributed by atoms with E-state index in [1.165, 1.54) is 17.3 Å². The van der Waals surface area contributed by atoms with Gasteiger partial charge in [-0.05, 0) is 61.7 Å². The molecule has 1 heterocycles. The van der Waals surface area contributed by atoms with Gasteiger partial charge in [-0.25, -0.2) is 0 Å². The monoisotopic (exact) mass is 457 g/mol. The van der Waals surface area contributed by atoms with Crippen molar-refractivity contribution in [2.45, 2.75) is 27.2 Å². The van der Waals surface area contributed by atoms with E-state index >= 15 is 0 Å². The molecule has 0 atom stereocenters. The first-order valence-electron chi connectivity index (χ1n) is 10.2. The molecule has 2 aromatic rings. The highest BCUT2D eigenvalue weighted by Gasteiger charge is 2.30. The third-order valence-corrected chi connectivity index (χ3v) is 6.20. The molecule has 0 unspecified atom stereocenters. The van der Waals surface area contributed by atoms with Crippen LogP contribution in [-0.2, 0) is 4.79 Å². The third-order valence-electron chi connectivity index (χ3n) is 4.82. The van der Waals surface area contributed by atoms with Gasteiger partial charge in [0.2, 0.25) is 0 Å². The lowest BCUT2D eigenvalue weighted by Crippen LogP contribution is -2.27. The SMILES string of the molecule is CCN1C(=O)/C(=C/c2ccc(OCCCOc3cc(C)ccc3C)c(OC)c2)SC1=S. The maximum absolute atomic E-state index is 12.4. The summed E-state index contributed by atoms with van der Waals surface area (Å²) in [6.45, 7) is 7.66. The minimum atomic E-state index is -0.0550. The molecule has 7 heteroatoms. The highest BCUT2D eigenvalue weighted by atomic mass is 32.2. The summed E-state index contributed by atoms with van der Waals surface area (Å²) in [6, 6.07) is 11.8. The first kappa shape index (κ1) is 23.2. The number of benzene rings is 2. The molecule has 1 amide bonds. The van der Waals surface area contributed by atoms with Crippen molar-refractivity contribution >= 4 is 40.3 Å². The largest absolute Gasteiger partial charge is 0.493 e. The molecule has 1 aliphatic heterocycles. The molecule has 164 valence electrons. The molecule has 1 saturated heterocycles. The minimum absolute atomic E-state index is 0.0550. The fourth-order valence-corrected chi connectivity index (χ4v) is 4.49. The van der Waals surface area contributed by atoms with Crippen LogP contribution in [0.1, 0.15) is 30.0 Å². The van der Waals surface area contributed by atoms with Crippen molar-refractivity contribution < 1.29 is 19.0 Å². The minimum Gasteiger partial charge on any atom is -0.493 e. The number of likely N-dealkylation sites (N-methyl/N-ethyl adjacent to an activating group) is 1. The van der Waals surface area contributed by atoms with Gasteiger partial charge in [-0.2, -0.15) is 0 Å². The summed E-state index contributed by atoms with van der Waals surface area (Å²) in [5.41, 5.74) is 3.16. The van der Waals surface area contributed by atoms with E-state index in [1.54, 1.807) is 12.0 Å². The van der Waals surface area contributed by atoms with Crippen molar-refractivity contribution in [2.24, 2.45) is 0 Å². The number of ether oxygens (including phenoxy) is 3. The maximum Gasteiger partial charge on any atom is 0.266 e. The Hall–Kier alpha value is -2.51. The van der Waals surface area contributed by atoms with Crippen LogP contribution in [0.2, 0.25) is 0 Å². The summed E-state index contributed by atoms with van der Waals surface area (Å²) in [4.78, 5) is 14.6. The average Bonchev–Trinajstić information content (AvgIpc) is 3.03. The average molecular weight is 458 g/mol. The van der Waals surface area contributed by atoms with E-state index in [-0.39, 0.29) is 5.91 Å². The predicted molar refractivity (Wildman–Crippen MR) is 130 cm³/mol. The van der Waals surface area contributed by atoms with Gasteiger partial charge in [-0.3, -0.25) is 9.69 Å². The molecular formula is C24H27NO4S2. The fraction of sp³-hybridized carbons (Fsp3) is 0.333. The van der Waals surface area contributed by atoms with Crippen molar-refractivity contribution in [2.75, 3.05) is 26.9 Å². The van der Waals surface area contributed by atoms with Crippen molar-refractivity contribution in [1.82, 2.24) is 4.90 Å². The second-order valence-corrected chi connectivity index (χ2v) is 8.83. The zero-order valence-electron chi connectivity index (χ0n) is 18.3. The smallest absolute Gasteiger partial charge is 0.266 e. The van der Waals surface area contributed by atoms with Gasteiger partial charge >= 0.3 is 0 Å². The normalized spacial score (nSPS) is 15.0. The van der Waals surface area contributed by atoms with Crippen LogP contribution >= 0.6 is 24.0 Å². The highest BCUT2D eigenvalue weighted by Crippen LogP contribution is 2.34. The molecule has 5 nitrogen and oxygen atoms in total. The van der Waals surface area contributed by atoms with Crippen molar-refractivity contribution in [1.29, 1.82) is 0 Å². The molecule has 1 fully saturated rings. The van der Waals surface area contributed by atoms with Gasteiger partial charge in [0.05, 0.1) is 25.2 Å². The van der Waals surface area contributed by atoms with Gasteiger partial charge in [0.1, 0.15) is 10.1 Å². The van der Waals surface area contributed by atoms with E-state index < -0.39 is 0 Å². The molecule has 0 aromatic heterocycles. The zero-order valence-corrected chi connectivity index (χ0v) is 19.9. The lowest BCUT2D eigenvalue weighted by Gasteiger charge is -2.13. The number of carbonyl (C=O) groups excluding carboxylic acids is 1. The number of methoxy groups -OCH3 is 1. The molecule has 2 aromatic carbocycles. The molecule has 0 aliphatic carbocycles. The number of hydrogen-bond acceptors (Lipinski definition) is 6. The van der Waals surface area contributed by atoms with Crippen molar-refractivity contribution in [3.05, 3.63) is 58.0 Å². The van der Waals surface area contributed by atoms with Crippen LogP contribution < -0.4 is 14.2 Å². The highest BCUT2D eigenvalue weighted by molar-refractivity contribution is 8.26. The van der Waals surface area contributed by atoms with Gasteiger partial charge in [-0.15, -0.1) is 0 Å². The molecule has 0 saturated carbocycles. The van der Waals surface area contributed by atoms with Crippen LogP contribution in [0.25, 0.3) is 6.08 Å². The number of nitrogens with zero attached hydrogens (tertiary/aromatic N) is 1. The first-order valence-corrected chi connectivity index (χ1v) is 11.4. The number of rotatable bonds is 9. The van der Waals surface area contributed by atoms with Gasteiger partial charge in [0, 0.05) is 13.0 Å². The molecule has 0 N–H and O–H groups in total. The van der Waals surface area contributed by atoms with Crippen molar-refractivity contribution in [3.8, 4) is 17.2 Å². The summed E-state index contributed by atoms with van der Waals surface area (Å²) < 4.78 is 17.8. The number of amides is 1. The Morgan fingerprint density at radius 1 is 1.03 bits per heavy atom. The number of hydrogen-bond donors (Lipinski definition) is 0. The van der Waals surface area contributed by atoms with E-state index in [0.29, 0.717) is 40.5 Å². The number of thiocarbonyl (C=S) groups is 1. The Morgan fingerprint density at radius 2 is 1.77 bits per heavy atom. The Labute approximate surface area is 193 Å². The predicted octanol–water partition coefficient (Wildman–Crippen LogP) is 5.38. The topological polar surface area (TPSA) is 48.0 Å². The molecule has 0 bridgehead atoms. The third kappa shape index (κ3) is 5.80. The molecule has 31 heavy (non-hydrogen) atoms. The van der Waals surface area contributed by atoms with Crippen LogP contribution in [0.5, 0.6) is 17.2 Å². The van der Waals surface area contributed by atoms with Crippen molar-refractivity contribution in [3.63, 3.8) is 0 Å². The molecule has 0 spiro atoms. The van der Waals surface area contributed by atoms with E-state index in [9.17, 15) is 4.79 Å². The van der Waals surface area contributed by atoms with Gasteiger partial charge in [0.15, 0.2) is 11.5 Å². The fourth-order valence-electron chi connectivity index (χ4n) is 3.10. The Kier molecular flexibility index (Phi) is 7.98. The van der Waals surface area contributed by atoms with Gasteiger partial charge in [0.25, 0.3) is 5.91 Å². The quantitative estimate of drug-likeness (QED) is 0.286. The molecule has 3 rings (SSSR count). The van der Waals surface area contributed by atoms with Crippen LogP contribution in [0.3, 0.4) is 0 Å². The van der Waals surface area contributed by atoms with Gasteiger partial charge in [-0.1, -0.05) is 42.2 Å². The molecule has 0 radical (unpaired) electrons. The summed E-state index contributed by atoms with van der Waals surface area (Å²) >= 11 is 6.59. The molecular weight excluding hydrogens is 430 g/mol. The van der Waals surface area contributed by atoms with Crippen LogP contribution in [0.4, 0.5) is 0 Å². The summed E-state index contributed by atoms with van der Waals surface area (Å²) in [5, 5.41) is 0. The number of aryl methyl sites for hydroxylation is 2. The zero-order chi connectivity index (χ0) is 22.4. The number of thioether (sulfide) groups is 1. The van der Waals surface area contributed by atoms with E-state index in [2.05, 4.69) is 19.1 Å². The van der Waals surface area contributed by atoms with Crippen LogP contribution in [0, 0.1) is 13.8 Å². The maximum atomic E-state index is 12.4. The van der Waals surface area contributed by atoms with Gasteiger partial charge < -0.3 is 14.2 Å². The summed E-state index contributed by atoms with van der Waals surface area (Å²) in [6.07, 6.45) is 2.58. The van der Waals surface area contributed by atoms with E-state index in [4.69, 9.17) is 26.4 Å². The lowest BCUT2D eigenvalue weighted by atomic mass is 10.1. The van der Waals surface area contributed by atoms with Crippen LogP contribution in [0.15, 0.2) is 41.3 Å². The first-order chi connectivity index (χ1) is 14.9.